The number of thioether (sulfide) groups is 1. The highest BCUT2D eigenvalue weighted by Gasteiger charge is 2.55. The lowest BCUT2D eigenvalue weighted by Gasteiger charge is -2.25. The van der Waals surface area contributed by atoms with Gasteiger partial charge in [0.15, 0.2) is 0 Å². The van der Waals surface area contributed by atoms with Crippen LogP contribution in [0.15, 0.2) is 23.1 Å². The van der Waals surface area contributed by atoms with Crippen LogP contribution in [0.4, 0.5) is 18.9 Å². The number of carbonyl (C=O) groups is 1. The van der Waals surface area contributed by atoms with Crippen molar-refractivity contribution >= 4 is 35.0 Å². The first-order valence-corrected chi connectivity index (χ1v) is 6.64. The number of rotatable bonds is 3. The molecular weight excluding hydrogens is 303 g/mol. The zero-order valence-corrected chi connectivity index (χ0v) is 11.6. The molecule has 1 atom stereocenters. The average molecular weight is 314 g/mol. The summed E-state index contributed by atoms with van der Waals surface area (Å²) < 4.78 is 37.4. The molecule has 0 heterocycles. The second-order valence-corrected chi connectivity index (χ2v) is 5.16. The standard InChI is InChI=1S/C11H11ClF3NO2S/c1-10(18,11(13,14)15)9(17)16-8-4-3-6(19-2)5-7(8)12/h3-5,18H,1-2H3,(H,16,17). The summed E-state index contributed by atoms with van der Waals surface area (Å²) in [4.78, 5) is 12.2. The highest BCUT2D eigenvalue weighted by molar-refractivity contribution is 7.98. The van der Waals surface area contributed by atoms with Crippen molar-refractivity contribution in [3.63, 3.8) is 0 Å². The van der Waals surface area contributed by atoms with Gasteiger partial charge in [-0.2, -0.15) is 13.2 Å². The molecule has 1 aromatic carbocycles. The van der Waals surface area contributed by atoms with Gasteiger partial charge in [0.05, 0.1) is 10.7 Å². The average Bonchev–Trinajstić information content (AvgIpc) is 2.30. The van der Waals surface area contributed by atoms with Gasteiger partial charge < -0.3 is 10.4 Å². The lowest BCUT2D eigenvalue weighted by Crippen LogP contribution is -2.52. The first kappa shape index (κ1) is 16.1. The number of halogens is 4. The van der Waals surface area contributed by atoms with Crippen LogP contribution in [0.5, 0.6) is 0 Å². The summed E-state index contributed by atoms with van der Waals surface area (Å²) in [5.74, 6) is -1.58. The number of aliphatic hydroxyl groups is 1. The molecule has 1 unspecified atom stereocenters. The van der Waals surface area contributed by atoms with Crippen LogP contribution >= 0.6 is 23.4 Å². The molecule has 2 N–H and O–H groups in total. The molecule has 1 rings (SSSR count). The summed E-state index contributed by atoms with van der Waals surface area (Å²) >= 11 is 7.22. The number of carbonyl (C=O) groups excluding carboxylic acids is 1. The lowest BCUT2D eigenvalue weighted by molar-refractivity contribution is -0.242. The Labute approximate surface area is 117 Å². The molecule has 0 radical (unpaired) electrons. The molecule has 0 aliphatic rings. The molecule has 0 aliphatic carbocycles. The van der Waals surface area contributed by atoms with E-state index >= 15 is 0 Å². The molecule has 8 heteroatoms. The minimum atomic E-state index is -5.07. The van der Waals surface area contributed by atoms with Gasteiger partial charge in [0, 0.05) is 4.90 Å². The molecule has 19 heavy (non-hydrogen) atoms. The molecule has 1 aromatic rings. The molecular formula is C11H11ClF3NO2S. The minimum absolute atomic E-state index is 0.00833. The Kier molecular flexibility index (Phi) is 4.76. The summed E-state index contributed by atoms with van der Waals surface area (Å²) in [7, 11) is 0. The van der Waals surface area contributed by atoms with Crippen molar-refractivity contribution in [2.45, 2.75) is 23.6 Å². The van der Waals surface area contributed by atoms with Crippen molar-refractivity contribution in [2.24, 2.45) is 0 Å². The molecule has 0 aliphatic heterocycles. The van der Waals surface area contributed by atoms with Gasteiger partial charge in [0.1, 0.15) is 0 Å². The molecule has 0 bridgehead atoms. The maximum Gasteiger partial charge on any atom is 0.426 e. The Bertz CT molecular complexity index is 491. The number of nitrogens with one attached hydrogen (secondary N) is 1. The lowest BCUT2D eigenvalue weighted by atomic mass is 10.1. The van der Waals surface area contributed by atoms with Gasteiger partial charge in [-0.3, -0.25) is 4.79 Å². The molecule has 3 nitrogen and oxygen atoms in total. The Hall–Kier alpha value is -0.920. The highest BCUT2D eigenvalue weighted by atomic mass is 35.5. The normalized spacial score (nSPS) is 14.9. The zero-order chi connectivity index (χ0) is 14.8. The third-order valence-corrected chi connectivity index (χ3v) is 3.46. The summed E-state index contributed by atoms with van der Waals surface area (Å²) in [6.45, 7) is 0.381. The van der Waals surface area contributed by atoms with Crippen LogP contribution in [0.1, 0.15) is 6.92 Å². The Morgan fingerprint density at radius 3 is 2.42 bits per heavy atom. The van der Waals surface area contributed by atoms with Crippen molar-refractivity contribution < 1.29 is 23.1 Å². The Morgan fingerprint density at radius 1 is 1.42 bits per heavy atom. The van der Waals surface area contributed by atoms with Gasteiger partial charge in [-0.1, -0.05) is 11.6 Å². The van der Waals surface area contributed by atoms with Crippen LogP contribution in [-0.4, -0.2) is 29.0 Å². The second kappa shape index (κ2) is 5.60. The van der Waals surface area contributed by atoms with E-state index in [0.29, 0.717) is 6.92 Å². The van der Waals surface area contributed by atoms with Crippen LogP contribution in [0, 0.1) is 0 Å². The monoisotopic (exact) mass is 313 g/mol. The fraction of sp³-hybridized carbons (Fsp3) is 0.364. The fourth-order valence-corrected chi connectivity index (χ4v) is 1.83. The molecule has 106 valence electrons. The molecule has 1 amide bonds. The van der Waals surface area contributed by atoms with Crippen LogP contribution in [-0.2, 0) is 4.79 Å². The quantitative estimate of drug-likeness (QED) is 0.842. The van der Waals surface area contributed by atoms with Gasteiger partial charge in [-0.15, -0.1) is 11.8 Å². The van der Waals surface area contributed by atoms with Gasteiger partial charge in [-0.05, 0) is 31.4 Å². The van der Waals surface area contributed by atoms with E-state index in [-0.39, 0.29) is 10.7 Å². The van der Waals surface area contributed by atoms with Crippen LogP contribution in [0.2, 0.25) is 5.02 Å². The maximum atomic E-state index is 12.5. The van der Waals surface area contributed by atoms with E-state index in [0.717, 1.165) is 4.90 Å². The summed E-state index contributed by atoms with van der Waals surface area (Å²) in [6.07, 6.45) is -3.26. The Morgan fingerprint density at radius 2 is 2.00 bits per heavy atom. The van der Waals surface area contributed by atoms with E-state index in [4.69, 9.17) is 11.6 Å². The second-order valence-electron chi connectivity index (χ2n) is 3.87. The van der Waals surface area contributed by atoms with Crippen molar-refractivity contribution in [3.05, 3.63) is 23.2 Å². The van der Waals surface area contributed by atoms with Crippen molar-refractivity contribution in [1.82, 2.24) is 0 Å². The topological polar surface area (TPSA) is 49.3 Å². The third kappa shape index (κ3) is 3.55. The molecule has 0 saturated heterocycles. The third-order valence-electron chi connectivity index (χ3n) is 2.42. The SMILES string of the molecule is CSc1ccc(NC(=O)C(C)(O)C(F)(F)F)c(Cl)c1. The molecule has 0 aromatic heterocycles. The number of anilines is 1. The van der Waals surface area contributed by atoms with Crippen LogP contribution in [0.3, 0.4) is 0 Å². The smallest absolute Gasteiger partial charge is 0.373 e. The van der Waals surface area contributed by atoms with E-state index in [9.17, 15) is 23.1 Å². The van der Waals surface area contributed by atoms with Crippen LogP contribution in [0.25, 0.3) is 0 Å². The number of hydrogen-bond donors (Lipinski definition) is 2. The first-order chi connectivity index (χ1) is 8.59. The maximum absolute atomic E-state index is 12.5. The number of hydrogen-bond acceptors (Lipinski definition) is 3. The first-order valence-electron chi connectivity index (χ1n) is 5.03. The van der Waals surface area contributed by atoms with E-state index in [2.05, 4.69) is 0 Å². The van der Waals surface area contributed by atoms with E-state index in [1.165, 1.54) is 23.9 Å². The zero-order valence-electron chi connectivity index (χ0n) is 10.0. The molecule has 0 spiro atoms. The number of alkyl halides is 3. The van der Waals surface area contributed by atoms with Crippen LogP contribution < -0.4 is 5.32 Å². The Balaban J connectivity index is 2.95. The van der Waals surface area contributed by atoms with Gasteiger partial charge in [0.25, 0.3) is 5.91 Å². The highest BCUT2D eigenvalue weighted by Crippen LogP contribution is 2.33. The van der Waals surface area contributed by atoms with E-state index in [1.807, 2.05) is 5.32 Å². The minimum Gasteiger partial charge on any atom is -0.373 e. The fourth-order valence-electron chi connectivity index (χ4n) is 1.10. The van der Waals surface area contributed by atoms with Gasteiger partial charge >= 0.3 is 6.18 Å². The predicted molar refractivity (Wildman–Crippen MR) is 68.5 cm³/mol. The molecule has 0 fully saturated rings. The van der Waals surface area contributed by atoms with E-state index in [1.54, 1.807) is 12.3 Å². The van der Waals surface area contributed by atoms with Crippen molar-refractivity contribution in [1.29, 1.82) is 0 Å². The number of amides is 1. The van der Waals surface area contributed by atoms with E-state index < -0.39 is 17.7 Å². The molecule has 0 saturated carbocycles. The van der Waals surface area contributed by atoms with Gasteiger partial charge in [-0.25, -0.2) is 0 Å². The summed E-state index contributed by atoms with van der Waals surface area (Å²) in [6, 6.07) is 4.47. The largest absolute Gasteiger partial charge is 0.426 e. The van der Waals surface area contributed by atoms with Gasteiger partial charge in [0.2, 0.25) is 5.60 Å². The van der Waals surface area contributed by atoms with Crippen molar-refractivity contribution in [2.75, 3.05) is 11.6 Å². The number of benzene rings is 1. The van der Waals surface area contributed by atoms with Crippen molar-refractivity contribution in [3.8, 4) is 0 Å². The predicted octanol–water partition coefficient (Wildman–Crippen LogP) is 3.31. The summed E-state index contributed by atoms with van der Waals surface area (Å²) in [5, 5.41) is 11.2. The summed E-state index contributed by atoms with van der Waals surface area (Å²) in [5.41, 5.74) is -3.47.